The number of aliphatic hydroxyl groups is 1. The summed E-state index contributed by atoms with van der Waals surface area (Å²) < 4.78 is 32.5. The Hall–Kier alpha value is -2.21. The Labute approximate surface area is 144 Å². The van der Waals surface area contributed by atoms with E-state index in [0.29, 0.717) is 23.5 Å². The van der Waals surface area contributed by atoms with Gasteiger partial charge >= 0.3 is 0 Å². The zero-order valence-electron chi connectivity index (χ0n) is 14.4. The molecular weight excluding hydrogens is 328 g/mol. The summed E-state index contributed by atoms with van der Waals surface area (Å²) >= 11 is 0. The lowest BCUT2D eigenvalue weighted by Crippen LogP contribution is -2.39. The molecule has 0 radical (unpaired) electrons. The van der Waals surface area contributed by atoms with Crippen LogP contribution in [0.25, 0.3) is 0 Å². The highest BCUT2D eigenvalue weighted by atomic mass is 19.1. The van der Waals surface area contributed by atoms with Gasteiger partial charge in [0.2, 0.25) is 5.91 Å². The van der Waals surface area contributed by atoms with Crippen LogP contribution in [-0.4, -0.2) is 17.6 Å². The van der Waals surface area contributed by atoms with Crippen molar-refractivity contribution in [1.29, 1.82) is 0 Å². The van der Waals surface area contributed by atoms with Gasteiger partial charge < -0.3 is 14.8 Å². The number of hydrogen-bond acceptors (Lipinski definition) is 3. The summed E-state index contributed by atoms with van der Waals surface area (Å²) in [5.41, 5.74) is -0.423. The van der Waals surface area contributed by atoms with Crippen LogP contribution >= 0.6 is 0 Å². The van der Waals surface area contributed by atoms with Crippen molar-refractivity contribution >= 4 is 5.91 Å². The second-order valence-electron chi connectivity index (χ2n) is 6.93. The van der Waals surface area contributed by atoms with Crippen LogP contribution in [0.5, 0.6) is 0 Å². The fourth-order valence-corrected chi connectivity index (χ4v) is 3.28. The molecule has 0 bridgehead atoms. The number of carbonyl (C=O) groups excluding carboxylic acids is 1. The van der Waals surface area contributed by atoms with Crippen molar-refractivity contribution in [1.82, 2.24) is 5.32 Å². The molecule has 0 aliphatic heterocycles. The summed E-state index contributed by atoms with van der Waals surface area (Å²) in [5, 5.41) is 13.3. The molecule has 1 aliphatic rings. The fourth-order valence-electron chi connectivity index (χ4n) is 3.28. The molecule has 0 saturated heterocycles. The van der Waals surface area contributed by atoms with E-state index in [0.717, 1.165) is 18.2 Å². The first-order valence-electron chi connectivity index (χ1n) is 8.21. The normalized spacial score (nSPS) is 21.7. The van der Waals surface area contributed by atoms with E-state index < -0.39 is 23.2 Å². The molecule has 3 atom stereocenters. The van der Waals surface area contributed by atoms with Gasteiger partial charge in [0.15, 0.2) is 0 Å². The Bertz CT molecular complexity index is 813. The predicted octanol–water partition coefficient (Wildman–Crippen LogP) is 3.30. The van der Waals surface area contributed by atoms with Gasteiger partial charge in [0.25, 0.3) is 0 Å². The molecule has 1 amide bonds. The molecule has 1 aromatic heterocycles. The number of benzene rings is 1. The molecule has 1 aliphatic carbocycles. The number of nitrogens with one attached hydrogen (secondary N) is 1. The maximum Gasteiger partial charge on any atom is 0.223 e. The smallest absolute Gasteiger partial charge is 0.223 e. The Kier molecular flexibility index (Phi) is 4.41. The third-order valence-corrected chi connectivity index (χ3v) is 4.71. The quantitative estimate of drug-likeness (QED) is 0.871. The third-order valence-electron chi connectivity index (χ3n) is 4.71. The third kappa shape index (κ3) is 3.58. The number of hydrogen-bond donors (Lipinski definition) is 2. The van der Waals surface area contributed by atoms with E-state index in [4.69, 9.17) is 4.42 Å². The number of furan rings is 1. The maximum atomic E-state index is 13.8. The predicted molar refractivity (Wildman–Crippen MR) is 88.0 cm³/mol. The Morgan fingerprint density at radius 2 is 2.08 bits per heavy atom. The van der Waals surface area contributed by atoms with Gasteiger partial charge in [0, 0.05) is 11.5 Å². The molecule has 1 heterocycles. The first kappa shape index (κ1) is 17.6. The molecule has 0 spiro atoms. The van der Waals surface area contributed by atoms with Crippen molar-refractivity contribution in [2.45, 2.75) is 38.7 Å². The topological polar surface area (TPSA) is 62.5 Å². The van der Waals surface area contributed by atoms with Crippen LogP contribution in [0, 0.1) is 31.4 Å². The number of rotatable bonds is 5. The summed E-state index contributed by atoms with van der Waals surface area (Å²) in [5.74, 6) is -0.732. The lowest BCUT2D eigenvalue weighted by molar-refractivity contribution is -0.123. The highest BCUT2D eigenvalue weighted by Gasteiger charge is 2.45. The fraction of sp³-hybridized carbons (Fsp3) is 0.421. The number of halogens is 2. The Morgan fingerprint density at radius 1 is 1.36 bits per heavy atom. The highest BCUT2D eigenvalue weighted by Crippen LogP contribution is 2.48. The average Bonchev–Trinajstić information content (AvgIpc) is 3.25. The molecule has 6 heteroatoms. The van der Waals surface area contributed by atoms with Crippen LogP contribution in [0.4, 0.5) is 8.78 Å². The molecule has 3 unspecified atom stereocenters. The van der Waals surface area contributed by atoms with Crippen LogP contribution < -0.4 is 5.32 Å². The molecule has 2 aromatic rings. The zero-order chi connectivity index (χ0) is 18.4. The number of amides is 1. The van der Waals surface area contributed by atoms with Gasteiger partial charge in [-0.25, -0.2) is 8.78 Å². The van der Waals surface area contributed by atoms with E-state index in [1.54, 1.807) is 26.8 Å². The second kappa shape index (κ2) is 6.26. The molecule has 1 fully saturated rings. The minimum absolute atomic E-state index is 0.0144. The second-order valence-corrected chi connectivity index (χ2v) is 6.93. The largest absolute Gasteiger partial charge is 0.466 e. The van der Waals surface area contributed by atoms with Crippen LogP contribution in [0.1, 0.15) is 41.9 Å². The highest BCUT2D eigenvalue weighted by molar-refractivity contribution is 5.83. The van der Waals surface area contributed by atoms with Crippen molar-refractivity contribution in [2.24, 2.45) is 5.92 Å². The summed E-state index contributed by atoms with van der Waals surface area (Å²) in [4.78, 5) is 12.3. The molecule has 3 rings (SSSR count). The van der Waals surface area contributed by atoms with Gasteiger partial charge in [-0.05, 0) is 62.9 Å². The zero-order valence-corrected chi connectivity index (χ0v) is 14.4. The lowest BCUT2D eigenvalue weighted by atomic mass is 9.96. The van der Waals surface area contributed by atoms with Crippen LogP contribution in [-0.2, 0) is 10.4 Å². The standard InChI is InChI=1S/C19H21F2NO3/c1-10-6-16(11(2)25-10)19(3,24)9-22-18(23)15-8-13(15)14-7-12(20)4-5-17(14)21/h4-7,13,15,24H,8-9H2,1-3H3,(H,22,23). The molecular formula is C19H21F2NO3. The SMILES string of the molecule is Cc1cc(C(C)(O)CNC(=O)C2CC2c2cc(F)ccc2F)c(C)o1. The van der Waals surface area contributed by atoms with Crippen molar-refractivity contribution in [3.63, 3.8) is 0 Å². The molecule has 134 valence electrons. The summed E-state index contributed by atoms with van der Waals surface area (Å²) in [6, 6.07) is 5.01. The minimum Gasteiger partial charge on any atom is -0.466 e. The van der Waals surface area contributed by atoms with Gasteiger partial charge in [-0.3, -0.25) is 4.79 Å². The van der Waals surface area contributed by atoms with Gasteiger partial charge in [-0.2, -0.15) is 0 Å². The van der Waals surface area contributed by atoms with Crippen LogP contribution in [0.2, 0.25) is 0 Å². The van der Waals surface area contributed by atoms with Crippen molar-refractivity contribution in [3.05, 3.63) is 58.5 Å². The van der Waals surface area contributed by atoms with Crippen molar-refractivity contribution < 1.29 is 23.1 Å². The molecule has 25 heavy (non-hydrogen) atoms. The first-order chi connectivity index (χ1) is 11.7. The summed E-state index contributed by atoms with van der Waals surface area (Å²) in [6.45, 7) is 5.15. The van der Waals surface area contributed by atoms with E-state index >= 15 is 0 Å². The average molecular weight is 349 g/mol. The summed E-state index contributed by atoms with van der Waals surface area (Å²) in [6.07, 6.45) is 0.470. The van der Waals surface area contributed by atoms with Gasteiger partial charge in [-0.1, -0.05) is 0 Å². The first-order valence-corrected chi connectivity index (χ1v) is 8.21. The minimum atomic E-state index is -1.27. The van der Waals surface area contributed by atoms with E-state index in [2.05, 4.69) is 5.32 Å². The van der Waals surface area contributed by atoms with Crippen LogP contribution in [0.3, 0.4) is 0 Å². The van der Waals surface area contributed by atoms with E-state index in [9.17, 15) is 18.7 Å². The molecule has 2 N–H and O–H groups in total. The van der Waals surface area contributed by atoms with Gasteiger partial charge in [0.05, 0.1) is 6.54 Å². The van der Waals surface area contributed by atoms with E-state index in [-0.39, 0.29) is 23.9 Å². The monoisotopic (exact) mass is 349 g/mol. The van der Waals surface area contributed by atoms with E-state index in [1.165, 1.54) is 0 Å². The van der Waals surface area contributed by atoms with E-state index in [1.807, 2.05) is 0 Å². The summed E-state index contributed by atoms with van der Waals surface area (Å²) in [7, 11) is 0. The lowest BCUT2D eigenvalue weighted by Gasteiger charge is -2.23. The Morgan fingerprint density at radius 3 is 2.72 bits per heavy atom. The molecule has 4 nitrogen and oxygen atoms in total. The number of aryl methyl sites for hydroxylation is 2. The Balaban J connectivity index is 1.62. The molecule has 1 aromatic carbocycles. The molecule has 1 saturated carbocycles. The maximum absolute atomic E-state index is 13.8. The number of carbonyl (C=O) groups is 1. The van der Waals surface area contributed by atoms with Crippen LogP contribution in [0.15, 0.2) is 28.7 Å². The van der Waals surface area contributed by atoms with Crippen molar-refractivity contribution in [3.8, 4) is 0 Å². The van der Waals surface area contributed by atoms with Crippen molar-refractivity contribution in [2.75, 3.05) is 6.54 Å². The van der Waals surface area contributed by atoms with Gasteiger partial charge in [0.1, 0.15) is 28.8 Å². The van der Waals surface area contributed by atoms with Gasteiger partial charge in [-0.15, -0.1) is 0 Å².